The Morgan fingerprint density at radius 2 is 1.57 bits per heavy atom. The Balaban J connectivity index is 1.98. The summed E-state index contributed by atoms with van der Waals surface area (Å²) in [7, 11) is 0. The van der Waals surface area contributed by atoms with Crippen LogP contribution in [0, 0.1) is 6.92 Å². The van der Waals surface area contributed by atoms with Crippen molar-refractivity contribution < 1.29 is 9.59 Å². The summed E-state index contributed by atoms with van der Waals surface area (Å²) in [5, 5.41) is 5.47. The van der Waals surface area contributed by atoms with E-state index in [-0.39, 0.29) is 11.8 Å². The first-order valence-corrected chi connectivity index (χ1v) is 6.80. The van der Waals surface area contributed by atoms with Crippen LogP contribution in [0.3, 0.4) is 0 Å². The summed E-state index contributed by atoms with van der Waals surface area (Å²) in [4.78, 5) is 24.2. The minimum absolute atomic E-state index is 0.246. The predicted molar refractivity (Wildman–Crippen MR) is 83.2 cm³/mol. The lowest BCUT2D eigenvalue weighted by atomic mass is 10.1. The molecule has 0 radical (unpaired) electrons. The number of amides is 2. The van der Waals surface area contributed by atoms with Gasteiger partial charge >= 0.3 is 0 Å². The Bertz CT molecular complexity index is 638. The number of benzene rings is 2. The summed E-state index contributed by atoms with van der Waals surface area (Å²) in [5.74, 6) is -0.494. The summed E-state index contributed by atoms with van der Waals surface area (Å²) >= 11 is 0. The highest BCUT2D eigenvalue weighted by atomic mass is 16.2. The number of nitrogens with one attached hydrogen (secondary N) is 2. The average molecular weight is 282 g/mol. The molecule has 2 N–H and O–H groups in total. The second kappa shape index (κ2) is 6.70. The zero-order valence-electron chi connectivity index (χ0n) is 12.1. The van der Waals surface area contributed by atoms with Crippen molar-refractivity contribution in [3.05, 3.63) is 65.7 Å². The lowest BCUT2D eigenvalue weighted by molar-refractivity contribution is -0.117. The summed E-state index contributed by atoms with van der Waals surface area (Å²) in [5.41, 5.74) is 2.17. The van der Waals surface area contributed by atoms with Gasteiger partial charge in [0.2, 0.25) is 5.91 Å². The molecule has 0 aliphatic rings. The largest absolute Gasteiger partial charge is 0.341 e. The number of hydrogen-bond acceptors (Lipinski definition) is 2. The fourth-order valence-electron chi connectivity index (χ4n) is 1.94. The molecule has 0 aliphatic heterocycles. The maximum absolute atomic E-state index is 12.1. The first kappa shape index (κ1) is 14.8. The van der Waals surface area contributed by atoms with Crippen LogP contribution < -0.4 is 10.6 Å². The van der Waals surface area contributed by atoms with Crippen LogP contribution in [0.15, 0.2) is 54.6 Å². The third-order valence-electron chi connectivity index (χ3n) is 3.17. The van der Waals surface area contributed by atoms with Crippen molar-refractivity contribution in [2.75, 3.05) is 5.32 Å². The molecule has 4 nitrogen and oxygen atoms in total. The van der Waals surface area contributed by atoms with Crippen molar-refractivity contribution in [3.63, 3.8) is 0 Å². The normalized spacial score (nSPS) is 11.5. The van der Waals surface area contributed by atoms with Gasteiger partial charge in [-0.1, -0.05) is 36.4 Å². The van der Waals surface area contributed by atoms with Crippen molar-refractivity contribution >= 4 is 17.5 Å². The number of hydrogen-bond donors (Lipinski definition) is 2. The molecule has 0 heterocycles. The SMILES string of the molecule is Cc1ccccc1C(=O)N[C@H](C)C(=O)Nc1ccccc1. The summed E-state index contributed by atoms with van der Waals surface area (Å²) < 4.78 is 0. The van der Waals surface area contributed by atoms with Crippen molar-refractivity contribution in [2.24, 2.45) is 0 Å². The van der Waals surface area contributed by atoms with Gasteiger partial charge in [0, 0.05) is 11.3 Å². The monoisotopic (exact) mass is 282 g/mol. The molecule has 0 bridgehead atoms. The molecule has 0 unspecified atom stereocenters. The van der Waals surface area contributed by atoms with Gasteiger partial charge in [-0.15, -0.1) is 0 Å². The van der Waals surface area contributed by atoms with Crippen LogP contribution in [-0.4, -0.2) is 17.9 Å². The number of anilines is 1. The van der Waals surface area contributed by atoms with Crippen molar-refractivity contribution in [3.8, 4) is 0 Å². The first-order valence-electron chi connectivity index (χ1n) is 6.80. The summed E-state index contributed by atoms with van der Waals surface area (Å²) in [6.07, 6.45) is 0. The van der Waals surface area contributed by atoms with Crippen LogP contribution in [-0.2, 0) is 4.79 Å². The minimum atomic E-state index is -0.614. The molecule has 1 atom stereocenters. The number of para-hydroxylation sites is 1. The van der Waals surface area contributed by atoms with Gasteiger partial charge in [0.05, 0.1) is 0 Å². The van der Waals surface area contributed by atoms with E-state index in [2.05, 4.69) is 10.6 Å². The van der Waals surface area contributed by atoms with Gasteiger partial charge in [0.1, 0.15) is 6.04 Å². The van der Waals surface area contributed by atoms with Gasteiger partial charge in [-0.3, -0.25) is 9.59 Å². The number of rotatable bonds is 4. The van der Waals surface area contributed by atoms with Gasteiger partial charge in [-0.2, -0.15) is 0 Å². The van der Waals surface area contributed by atoms with Crippen molar-refractivity contribution in [2.45, 2.75) is 19.9 Å². The molecule has 2 rings (SSSR count). The van der Waals surface area contributed by atoms with E-state index in [1.807, 2.05) is 37.3 Å². The number of aryl methyl sites for hydroxylation is 1. The maximum Gasteiger partial charge on any atom is 0.252 e. The zero-order chi connectivity index (χ0) is 15.2. The third-order valence-corrected chi connectivity index (χ3v) is 3.17. The lowest BCUT2D eigenvalue weighted by Crippen LogP contribution is -2.41. The molecule has 0 fully saturated rings. The van der Waals surface area contributed by atoms with E-state index in [1.54, 1.807) is 31.2 Å². The molecule has 0 aliphatic carbocycles. The van der Waals surface area contributed by atoms with Gasteiger partial charge in [0.15, 0.2) is 0 Å². The molecule has 0 saturated heterocycles. The van der Waals surface area contributed by atoms with Crippen molar-refractivity contribution in [1.29, 1.82) is 0 Å². The van der Waals surface area contributed by atoms with Gasteiger partial charge in [0.25, 0.3) is 5.91 Å². The molecule has 4 heteroatoms. The van der Waals surface area contributed by atoms with Gasteiger partial charge < -0.3 is 10.6 Å². The number of carbonyl (C=O) groups excluding carboxylic acids is 2. The Morgan fingerprint density at radius 1 is 0.952 bits per heavy atom. The average Bonchev–Trinajstić information content (AvgIpc) is 2.48. The van der Waals surface area contributed by atoms with Crippen LogP contribution in [0.2, 0.25) is 0 Å². The smallest absolute Gasteiger partial charge is 0.252 e. The van der Waals surface area contributed by atoms with Gasteiger partial charge in [-0.25, -0.2) is 0 Å². The Labute approximate surface area is 124 Å². The Morgan fingerprint density at radius 3 is 2.24 bits per heavy atom. The molecule has 21 heavy (non-hydrogen) atoms. The van der Waals surface area contributed by atoms with Crippen LogP contribution in [0.25, 0.3) is 0 Å². The molecule has 0 saturated carbocycles. The molecule has 2 aromatic rings. The van der Waals surface area contributed by atoms with Crippen LogP contribution >= 0.6 is 0 Å². The molecule has 108 valence electrons. The van der Waals surface area contributed by atoms with Crippen LogP contribution in [0.5, 0.6) is 0 Å². The van der Waals surface area contributed by atoms with E-state index in [0.717, 1.165) is 5.56 Å². The lowest BCUT2D eigenvalue weighted by Gasteiger charge is -2.15. The first-order chi connectivity index (χ1) is 10.1. The minimum Gasteiger partial charge on any atom is -0.341 e. The highest BCUT2D eigenvalue weighted by molar-refractivity contribution is 6.01. The highest BCUT2D eigenvalue weighted by Gasteiger charge is 2.17. The fourth-order valence-corrected chi connectivity index (χ4v) is 1.94. The van der Waals surface area contributed by atoms with Crippen molar-refractivity contribution in [1.82, 2.24) is 5.32 Å². The quantitative estimate of drug-likeness (QED) is 0.906. The second-order valence-corrected chi connectivity index (χ2v) is 4.87. The molecule has 0 spiro atoms. The van der Waals surface area contributed by atoms with E-state index < -0.39 is 6.04 Å². The molecular formula is C17H18N2O2. The fraction of sp³-hybridized carbons (Fsp3) is 0.176. The molecule has 2 aromatic carbocycles. The summed E-state index contributed by atoms with van der Waals surface area (Å²) in [6, 6.07) is 15.8. The Hall–Kier alpha value is -2.62. The highest BCUT2D eigenvalue weighted by Crippen LogP contribution is 2.08. The van der Waals surface area contributed by atoms with Gasteiger partial charge in [-0.05, 0) is 37.6 Å². The van der Waals surface area contributed by atoms with E-state index in [4.69, 9.17) is 0 Å². The molecular weight excluding hydrogens is 264 g/mol. The summed E-state index contributed by atoms with van der Waals surface area (Å²) in [6.45, 7) is 3.53. The predicted octanol–water partition coefficient (Wildman–Crippen LogP) is 2.75. The standard InChI is InChI=1S/C17H18N2O2/c1-12-8-6-7-11-15(12)17(21)18-13(2)16(20)19-14-9-4-3-5-10-14/h3-11,13H,1-2H3,(H,18,21)(H,19,20)/t13-/m1/s1. The molecule has 0 aromatic heterocycles. The maximum atomic E-state index is 12.1. The second-order valence-electron chi connectivity index (χ2n) is 4.87. The Kier molecular flexibility index (Phi) is 4.72. The number of carbonyl (C=O) groups is 2. The van der Waals surface area contributed by atoms with E-state index in [0.29, 0.717) is 11.3 Å². The topological polar surface area (TPSA) is 58.2 Å². The van der Waals surface area contributed by atoms with Crippen LogP contribution in [0.4, 0.5) is 5.69 Å². The van der Waals surface area contributed by atoms with E-state index >= 15 is 0 Å². The zero-order valence-corrected chi connectivity index (χ0v) is 12.1. The molecule has 2 amide bonds. The van der Waals surface area contributed by atoms with E-state index in [9.17, 15) is 9.59 Å². The van der Waals surface area contributed by atoms with E-state index in [1.165, 1.54) is 0 Å². The third kappa shape index (κ3) is 3.92. The van der Waals surface area contributed by atoms with Crippen LogP contribution in [0.1, 0.15) is 22.8 Å².